The van der Waals surface area contributed by atoms with Crippen LogP contribution in [-0.4, -0.2) is 28.5 Å². The van der Waals surface area contributed by atoms with Gasteiger partial charge in [-0.15, -0.1) is 10.2 Å². The molecule has 2 heterocycles. The van der Waals surface area contributed by atoms with Gasteiger partial charge in [0.05, 0.1) is 18.3 Å². The third-order valence-corrected chi connectivity index (χ3v) is 3.31. The van der Waals surface area contributed by atoms with Crippen LogP contribution in [0, 0.1) is 0 Å². The molecule has 0 bridgehead atoms. The Morgan fingerprint density at radius 1 is 1.38 bits per heavy atom. The maximum Gasteiger partial charge on any atom is 0.203 e. The fourth-order valence-electron chi connectivity index (χ4n) is 1.99. The zero-order valence-electron chi connectivity index (χ0n) is 9.55. The Labute approximate surface area is 99.0 Å². The summed E-state index contributed by atoms with van der Waals surface area (Å²) in [6.45, 7) is 4.66. The van der Waals surface area contributed by atoms with Crippen LogP contribution in [0.1, 0.15) is 31.7 Å². The Hall–Kier alpha value is -0.720. The Bertz CT molecular complexity index is 335. The molecule has 1 aromatic heterocycles. The minimum Gasteiger partial charge on any atom is -0.375 e. The molecule has 6 heteroatoms. The highest BCUT2D eigenvalue weighted by atomic mass is 32.1. The van der Waals surface area contributed by atoms with Gasteiger partial charge in [-0.2, -0.15) is 0 Å². The van der Waals surface area contributed by atoms with Crippen LogP contribution in [0.25, 0.3) is 0 Å². The van der Waals surface area contributed by atoms with Gasteiger partial charge in [0.1, 0.15) is 11.6 Å². The lowest BCUT2D eigenvalue weighted by Gasteiger charge is -2.31. The first-order chi connectivity index (χ1) is 7.63. The average molecular weight is 243 g/mol. The lowest BCUT2D eigenvalue weighted by atomic mass is 10.0. The predicted molar refractivity (Wildman–Crippen MR) is 62.1 cm³/mol. The number of aromatic nitrogens is 2. The number of hydrogen-bond donors (Lipinski definition) is 1. The normalized spacial score (nSPS) is 30.5. The molecule has 0 spiro atoms. The van der Waals surface area contributed by atoms with Crippen molar-refractivity contribution < 1.29 is 9.47 Å². The molecule has 1 fully saturated rings. The van der Waals surface area contributed by atoms with E-state index in [-0.39, 0.29) is 18.3 Å². The SMILES string of the molecule is CC1CC(OCc2nnc(N)s2)CC(C)O1. The predicted octanol–water partition coefficient (Wildman–Crippen LogP) is 1.59. The van der Waals surface area contributed by atoms with Crippen LogP contribution in [0.4, 0.5) is 5.13 Å². The van der Waals surface area contributed by atoms with Crippen molar-refractivity contribution in [3.05, 3.63) is 5.01 Å². The van der Waals surface area contributed by atoms with Crippen LogP contribution in [0.15, 0.2) is 0 Å². The van der Waals surface area contributed by atoms with Crippen molar-refractivity contribution in [1.29, 1.82) is 0 Å². The van der Waals surface area contributed by atoms with E-state index < -0.39 is 0 Å². The van der Waals surface area contributed by atoms with E-state index in [2.05, 4.69) is 24.0 Å². The lowest BCUT2D eigenvalue weighted by Crippen LogP contribution is -2.33. The van der Waals surface area contributed by atoms with Crippen LogP contribution in [0.5, 0.6) is 0 Å². The number of hydrogen-bond acceptors (Lipinski definition) is 6. The fourth-order valence-corrected chi connectivity index (χ4v) is 2.53. The summed E-state index contributed by atoms with van der Waals surface area (Å²) in [6, 6.07) is 0. The quantitative estimate of drug-likeness (QED) is 0.873. The lowest BCUT2D eigenvalue weighted by molar-refractivity contribution is -0.106. The van der Waals surface area contributed by atoms with Crippen LogP contribution in [0.3, 0.4) is 0 Å². The number of rotatable bonds is 3. The summed E-state index contributed by atoms with van der Waals surface area (Å²) >= 11 is 1.38. The molecular weight excluding hydrogens is 226 g/mol. The number of nitrogens with zero attached hydrogens (tertiary/aromatic N) is 2. The summed E-state index contributed by atoms with van der Waals surface area (Å²) in [4.78, 5) is 0. The minimum absolute atomic E-state index is 0.254. The Morgan fingerprint density at radius 2 is 2.06 bits per heavy atom. The van der Waals surface area contributed by atoms with E-state index >= 15 is 0 Å². The smallest absolute Gasteiger partial charge is 0.203 e. The van der Waals surface area contributed by atoms with Crippen molar-refractivity contribution >= 4 is 16.5 Å². The molecule has 90 valence electrons. The average Bonchev–Trinajstić information content (AvgIpc) is 2.60. The van der Waals surface area contributed by atoms with Gasteiger partial charge in [-0.3, -0.25) is 0 Å². The topological polar surface area (TPSA) is 70.3 Å². The number of ether oxygens (including phenoxy) is 2. The van der Waals surface area contributed by atoms with Crippen LogP contribution < -0.4 is 5.73 Å². The summed E-state index contributed by atoms with van der Waals surface area (Å²) in [7, 11) is 0. The van der Waals surface area contributed by atoms with Gasteiger partial charge in [-0.25, -0.2) is 0 Å². The van der Waals surface area contributed by atoms with E-state index in [1.54, 1.807) is 0 Å². The number of nitrogen functional groups attached to an aromatic ring is 1. The van der Waals surface area contributed by atoms with Gasteiger partial charge < -0.3 is 15.2 Å². The molecule has 2 atom stereocenters. The van der Waals surface area contributed by atoms with E-state index in [4.69, 9.17) is 15.2 Å². The summed E-state index contributed by atoms with van der Waals surface area (Å²) in [6.07, 6.45) is 2.68. The molecule has 0 aromatic carbocycles. The zero-order valence-corrected chi connectivity index (χ0v) is 10.4. The fraction of sp³-hybridized carbons (Fsp3) is 0.800. The molecule has 0 amide bonds. The Morgan fingerprint density at radius 3 is 2.62 bits per heavy atom. The van der Waals surface area contributed by atoms with Gasteiger partial charge in [0.25, 0.3) is 0 Å². The van der Waals surface area contributed by atoms with Crippen LogP contribution >= 0.6 is 11.3 Å². The molecule has 0 radical (unpaired) electrons. The summed E-state index contributed by atoms with van der Waals surface area (Å²) < 4.78 is 11.4. The van der Waals surface area contributed by atoms with E-state index in [1.807, 2.05) is 0 Å². The second kappa shape index (κ2) is 5.07. The highest BCUT2D eigenvalue weighted by molar-refractivity contribution is 7.15. The summed E-state index contributed by atoms with van der Waals surface area (Å²) in [5.74, 6) is 0. The van der Waals surface area contributed by atoms with Gasteiger partial charge in [0.2, 0.25) is 5.13 Å². The van der Waals surface area contributed by atoms with Crippen molar-refractivity contribution in [3.8, 4) is 0 Å². The standard InChI is InChI=1S/C10H17N3O2S/c1-6-3-8(4-7(2)15-6)14-5-9-12-13-10(11)16-9/h6-8H,3-5H2,1-2H3,(H2,11,13). The third kappa shape index (κ3) is 3.13. The third-order valence-electron chi connectivity index (χ3n) is 2.58. The van der Waals surface area contributed by atoms with E-state index in [1.165, 1.54) is 11.3 Å². The number of anilines is 1. The largest absolute Gasteiger partial charge is 0.375 e. The summed E-state index contributed by atoms with van der Waals surface area (Å²) in [5, 5.41) is 9.01. The molecular formula is C10H17N3O2S. The van der Waals surface area contributed by atoms with Gasteiger partial charge >= 0.3 is 0 Å². The molecule has 1 saturated heterocycles. The monoisotopic (exact) mass is 243 g/mol. The molecule has 0 saturated carbocycles. The summed E-state index contributed by atoms with van der Waals surface area (Å²) in [5.41, 5.74) is 5.50. The first-order valence-electron chi connectivity index (χ1n) is 5.48. The molecule has 16 heavy (non-hydrogen) atoms. The highest BCUT2D eigenvalue weighted by Gasteiger charge is 2.25. The number of nitrogens with two attached hydrogens (primary N) is 1. The van der Waals surface area contributed by atoms with Crippen molar-refractivity contribution in [1.82, 2.24) is 10.2 Å². The van der Waals surface area contributed by atoms with Crippen molar-refractivity contribution in [2.75, 3.05) is 5.73 Å². The van der Waals surface area contributed by atoms with Gasteiger partial charge in [-0.1, -0.05) is 11.3 Å². The Kier molecular flexibility index (Phi) is 3.73. The van der Waals surface area contributed by atoms with E-state index in [0.29, 0.717) is 11.7 Å². The second-order valence-electron chi connectivity index (χ2n) is 4.20. The van der Waals surface area contributed by atoms with Crippen molar-refractivity contribution in [2.24, 2.45) is 0 Å². The maximum absolute atomic E-state index is 5.80. The molecule has 1 aliphatic heterocycles. The maximum atomic E-state index is 5.80. The molecule has 2 N–H and O–H groups in total. The highest BCUT2D eigenvalue weighted by Crippen LogP contribution is 2.23. The van der Waals surface area contributed by atoms with Gasteiger partial charge in [-0.05, 0) is 26.7 Å². The molecule has 1 aliphatic rings. The minimum atomic E-state index is 0.254. The van der Waals surface area contributed by atoms with E-state index in [9.17, 15) is 0 Å². The first-order valence-corrected chi connectivity index (χ1v) is 6.30. The van der Waals surface area contributed by atoms with E-state index in [0.717, 1.165) is 17.8 Å². The Balaban J connectivity index is 1.81. The molecule has 0 aliphatic carbocycles. The molecule has 5 nitrogen and oxygen atoms in total. The van der Waals surface area contributed by atoms with Crippen molar-refractivity contribution in [3.63, 3.8) is 0 Å². The molecule has 2 rings (SSSR count). The molecule has 1 aromatic rings. The van der Waals surface area contributed by atoms with Crippen LogP contribution in [-0.2, 0) is 16.1 Å². The van der Waals surface area contributed by atoms with Gasteiger partial charge in [0, 0.05) is 0 Å². The second-order valence-corrected chi connectivity index (χ2v) is 5.29. The van der Waals surface area contributed by atoms with Gasteiger partial charge in [0.15, 0.2) is 0 Å². The van der Waals surface area contributed by atoms with Crippen LogP contribution in [0.2, 0.25) is 0 Å². The van der Waals surface area contributed by atoms with Crippen molar-refractivity contribution in [2.45, 2.75) is 51.6 Å². The zero-order chi connectivity index (χ0) is 11.5. The molecule has 2 unspecified atom stereocenters. The first kappa shape index (κ1) is 11.8.